The Hall–Kier alpha value is -2.75. The molecule has 2 rings (SSSR count). The van der Waals surface area contributed by atoms with Gasteiger partial charge in [0, 0.05) is 26.9 Å². The second-order valence-corrected chi connectivity index (χ2v) is 8.63. The zero-order chi connectivity index (χ0) is 22.4. The largest absolute Gasteiger partial charge is 0.492 e. The third kappa shape index (κ3) is 6.94. The summed E-state index contributed by atoms with van der Waals surface area (Å²) in [5.41, 5.74) is 0.0359. The molecule has 0 bridgehead atoms. The molecular formula is C20H24F3N3O3S. The minimum absolute atomic E-state index is 0.221. The summed E-state index contributed by atoms with van der Waals surface area (Å²) in [6.45, 7) is 1.12. The Labute approximate surface area is 174 Å². The Morgan fingerprint density at radius 2 is 1.70 bits per heavy atom. The monoisotopic (exact) mass is 443 g/mol. The first kappa shape index (κ1) is 23.5. The van der Waals surface area contributed by atoms with Gasteiger partial charge in [-0.15, -0.1) is 0 Å². The topological polar surface area (TPSA) is 71.0 Å². The van der Waals surface area contributed by atoms with E-state index < -0.39 is 21.6 Å². The number of guanidine groups is 1. The van der Waals surface area contributed by atoms with Crippen LogP contribution in [0.4, 0.5) is 13.2 Å². The number of alkyl halides is 3. The highest BCUT2D eigenvalue weighted by Gasteiger charge is 2.29. The first-order chi connectivity index (χ1) is 14.0. The second kappa shape index (κ2) is 9.84. The average molecular weight is 443 g/mol. The van der Waals surface area contributed by atoms with Gasteiger partial charge in [-0.3, -0.25) is 4.99 Å². The summed E-state index contributed by atoms with van der Waals surface area (Å²) in [7, 11) is 0.134. The molecule has 0 unspecified atom stereocenters. The Balaban J connectivity index is 1.82. The van der Waals surface area contributed by atoms with Gasteiger partial charge in [0.15, 0.2) is 15.8 Å². The van der Waals surface area contributed by atoms with Crippen molar-refractivity contribution in [2.24, 2.45) is 4.99 Å². The van der Waals surface area contributed by atoms with Crippen molar-refractivity contribution in [1.29, 1.82) is 0 Å². The fourth-order valence-corrected chi connectivity index (χ4v) is 3.28. The summed E-state index contributed by atoms with van der Waals surface area (Å²) >= 11 is 0. The molecule has 0 saturated heterocycles. The number of halogens is 3. The van der Waals surface area contributed by atoms with E-state index in [1.165, 1.54) is 24.3 Å². The van der Waals surface area contributed by atoms with Crippen LogP contribution in [-0.2, 0) is 22.6 Å². The normalized spacial score (nSPS) is 12.5. The van der Waals surface area contributed by atoms with Gasteiger partial charge in [0.2, 0.25) is 0 Å². The fourth-order valence-electron chi connectivity index (χ4n) is 2.65. The molecule has 2 aromatic rings. The van der Waals surface area contributed by atoms with Crippen LogP contribution in [0.5, 0.6) is 5.75 Å². The van der Waals surface area contributed by atoms with Crippen molar-refractivity contribution >= 4 is 15.8 Å². The van der Waals surface area contributed by atoms with Crippen LogP contribution in [0.3, 0.4) is 0 Å². The molecule has 2 aromatic carbocycles. The number of benzene rings is 2. The van der Waals surface area contributed by atoms with Gasteiger partial charge in [-0.05, 0) is 42.0 Å². The molecule has 0 saturated carbocycles. The van der Waals surface area contributed by atoms with Crippen LogP contribution in [0.25, 0.3) is 0 Å². The molecule has 0 aliphatic heterocycles. The highest BCUT2D eigenvalue weighted by Crippen LogP contribution is 2.29. The van der Waals surface area contributed by atoms with E-state index in [9.17, 15) is 21.6 Å². The molecular weight excluding hydrogens is 419 g/mol. The third-order valence-electron chi connectivity index (χ3n) is 4.18. The lowest BCUT2D eigenvalue weighted by Gasteiger charge is -2.22. The van der Waals surface area contributed by atoms with Crippen LogP contribution in [0.2, 0.25) is 0 Å². The van der Waals surface area contributed by atoms with Crippen molar-refractivity contribution in [3.8, 4) is 5.75 Å². The van der Waals surface area contributed by atoms with Gasteiger partial charge in [0.25, 0.3) is 0 Å². The molecule has 0 fully saturated rings. The summed E-state index contributed by atoms with van der Waals surface area (Å²) < 4.78 is 66.4. The highest BCUT2D eigenvalue weighted by molar-refractivity contribution is 7.90. The van der Waals surface area contributed by atoms with Crippen LogP contribution in [0.15, 0.2) is 58.4 Å². The molecule has 164 valence electrons. The molecule has 0 heterocycles. The van der Waals surface area contributed by atoms with Crippen molar-refractivity contribution < 1.29 is 26.3 Å². The number of hydrogen-bond donors (Lipinski definition) is 1. The Morgan fingerprint density at radius 1 is 1.10 bits per heavy atom. The first-order valence-corrected chi connectivity index (χ1v) is 10.9. The lowest BCUT2D eigenvalue weighted by Crippen LogP contribution is -2.40. The van der Waals surface area contributed by atoms with E-state index in [1.807, 2.05) is 0 Å². The van der Waals surface area contributed by atoms with E-state index in [0.717, 1.165) is 24.0 Å². The van der Waals surface area contributed by atoms with Gasteiger partial charge in [0.1, 0.15) is 12.4 Å². The molecule has 0 spiro atoms. The van der Waals surface area contributed by atoms with Gasteiger partial charge < -0.3 is 15.0 Å². The number of hydrogen-bond acceptors (Lipinski definition) is 4. The predicted molar refractivity (Wildman–Crippen MR) is 109 cm³/mol. The van der Waals surface area contributed by atoms with Crippen molar-refractivity contribution in [1.82, 2.24) is 10.2 Å². The van der Waals surface area contributed by atoms with Crippen molar-refractivity contribution in [3.63, 3.8) is 0 Å². The quantitative estimate of drug-likeness (QED) is 0.404. The first-order valence-electron chi connectivity index (χ1n) is 9.01. The van der Waals surface area contributed by atoms with Gasteiger partial charge in [-0.1, -0.05) is 12.1 Å². The van der Waals surface area contributed by atoms with Crippen molar-refractivity contribution in [2.75, 3.05) is 33.5 Å². The maximum Gasteiger partial charge on any atom is 0.416 e. The van der Waals surface area contributed by atoms with E-state index in [2.05, 4.69) is 10.3 Å². The smallest absolute Gasteiger partial charge is 0.416 e. The number of ether oxygens (including phenoxy) is 1. The van der Waals surface area contributed by atoms with Crippen molar-refractivity contribution in [3.05, 3.63) is 59.7 Å². The van der Waals surface area contributed by atoms with Crippen LogP contribution in [0.1, 0.15) is 11.1 Å². The van der Waals surface area contributed by atoms with E-state index in [-0.39, 0.29) is 4.90 Å². The average Bonchev–Trinajstić information content (AvgIpc) is 2.67. The summed E-state index contributed by atoms with van der Waals surface area (Å²) in [5.74, 6) is 1.10. The van der Waals surface area contributed by atoms with E-state index >= 15 is 0 Å². The predicted octanol–water partition coefficient (Wildman–Crippen LogP) is 3.20. The SMILES string of the molecule is CN=C(NCCOc1ccc(S(C)(=O)=O)cc1)N(C)Cc1ccc(C(F)(F)F)cc1. The van der Waals surface area contributed by atoms with Crippen molar-refractivity contribution in [2.45, 2.75) is 17.6 Å². The number of aliphatic imine (C=N–C) groups is 1. The summed E-state index contributed by atoms with van der Waals surface area (Å²) in [4.78, 5) is 6.16. The van der Waals surface area contributed by atoms with E-state index in [4.69, 9.17) is 4.74 Å². The maximum absolute atomic E-state index is 12.7. The van der Waals surface area contributed by atoms with Crippen LogP contribution in [0, 0.1) is 0 Å². The molecule has 1 N–H and O–H groups in total. The number of rotatable bonds is 7. The summed E-state index contributed by atoms with van der Waals surface area (Å²) in [5, 5.41) is 3.11. The molecule has 0 aliphatic carbocycles. The van der Waals surface area contributed by atoms with Gasteiger partial charge in [0.05, 0.1) is 17.0 Å². The lowest BCUT2D eigenvalue weighted by atomic mass is 10.1. The zero-order valence-corrected chi connectivity index (χ0v) is 17.7. The van der Waals surface area contributed by atoms with Crippen LogP contribution < -0.4 is 10.1 Å². The summed E-state index contributed by atoms with van der Waals surface area (Å²) in [6.07, 6.45) is -3.22. The standard InChI is InChI=1S/C20H24F3N3O3S/c1-24-19(26(2)14-15-4-6-16(7-5-15)20(21,22)23)25-12-13-29-17-8-10-18(11-9-17)30(3,27)28/h4-11H,12-14H2,1-3H3,(H,24,25). The minimum atomic E-state index is -4.35. The molecule has 0 aromatic heterocycles. The van der Waals surface area contributed by atoms with E-state index in [1.54, 1.807) is 31.1 Å². The lowest BCUT2D eigenvalue weighted by molar-refractivity contribution is -0.137. The zero-order valence-electron chi connectivity index (χ0n) is 16.9. The van der Waals surface area contributed by atoms with Gasteiger partial charge in [-0.25, -0.2) is 8.42 Å². The second-order valence-electron chi connectivity index (χ2n) is 6.62. The minimum Gasteiger partial charge on any atom is -0.492 e. The molecule has 30 heavy (non-hydrogen) atoms. The third-order valence-corrected chi connectivity index (χ3v) is 5.31. The summed E-state index contributed by atoms with van der Waals surface area (Å²) in [6, 6.07) is 11.1. The number of sulfone groups is 1. The molecule has 0 atom stereocenters. The van der Waals surface area contributed by atoms with Gasteiger partial charge in [-0.2, -0.15) is 13.2 Å². The Bertz CT molecular complexity index is 958. The molecule has 6 nitrogen and oxygen atoms in total. The molecule has 0 amide bonds. The molecule has 0 radical (unpaired) electrons. The Morgan fingerprint density at radius 3 is 2.20 bits per heavy atom. The number of nitrogens with one attached hydrogen (secondary N) is 1. The van der Waals surface area contributed by atoms with Gasteiger partial charge >= 0.3 is 6.18 Å². The Kier molecular flexibility index (Phi) is 7.71. The maximum atomic E-state index is 12.7. The van der Waals surface area contributed by atoms with Crippen LogP contribution >= 0.6 is 0 Å². The van der Waals surface area contributed by atoms with Crippen LogP contribution in [-0.4, -0.2) is 52.8 Å². The number of nitrogens with zero attached hydrogens (tertiary/aromatic N) is 2. The molecule has 0 aliphatic rings. The highest BCUT2D eigenvalue weighted by atomic mass is 32.2. The fraction of sp³-hybridized carbons (Fsp3) is 0.350. The molecule has 10 heteroatoms. The van der Waals surface area contributed by atoms with E-state index in [0.29, 0.717) is 31.4 Å².